The Bertz CT molecular complexity index is 1150. The van der Waals surface area contributed by atoms with Crippen LogP contribution in [0, 0.1) is 11.8 Å². The molecule has 4 rings (SSSR count). The van der Waals surface area contributed by atoms with Crippen molar-refractivity contribution in [3.63, 3.8) is 0 Å². The summed E-state index contributed by atoms with van der Waals surface area (Å²) in [5, 5.41) is 8.95. The van der Waals surface area contributed by atoms with Crippen molar-refractivity contribution < 1.29 is 19.4 Å². The van der Waals surface area contributed by atoms with Gasteiger partial charge >= 0.3 is 11.9 Å². The molecule has 2 aromatic carbocycles. The van der Waals surface area contributed by atoms with Gasteiger partial charge in [-0.3, -0.25) is 9.69 Å². The lowest BCUT2D eigenvalue weighted by Gasteiger charge is -2.42. The van der Waals surface area contributed by atoms with Crippen LogP contribution in [0.15, 0.2) is 36.4 Å². The van der Waals surface area contributed by atoms with Crippen LogP contribution in [0.5, 0.6) is 0 Å². The highest BCUT2D eigenvalue weighted by Gasteiger charge is 2.41. The molecule has 2 aliphatic rings. The number of carboxylic acid groups (broad SMARTS) is 1. The quantitative estimate of drug-likeness (QED) is 0.481. The summed E-state index contributed by atoms with van der Waals surface area (Å²) in [5.41, 5.74) is 5.19. The lowest BCUT2D eigenvalue weighted by atomic mass is 9.69. The Balaban J connectivity index is 1.75. The van der Waals surface area contributed by atoms with Crippen molar-refractivity contribution in [2.45, 2.75) is 70.4 Å². The van der Waals surface area contributed by atoms with E-state index in [9.17, 15) is 9.59 Å². The van der Waals surface area contributed by atoms with Gasteiger partial charge < -0.3 is 9.84 Å². The average Bonchev–Trinajstić information content (AvgIpc) is 3.63. The van der Waals surface area contributed by atoms with E-state index in [-0.39, 0.29) is 23.8 Å². The van der Waals surface area contributed by atoms with Crippen LogP contribution in [-0.2, 0) is 21.4 Å². The van der Waals surface area contributed by atoms with Crippen LogP contribution in [0.4, 0.5) is 0 Å². The lowest BCUT2D eigenvalue weighted by Crippen LogP contribution is -2.36. The Kier molecular flexibility index (Phi) is 6.81. The van der Waals surface area contributed by atoms with Crippen LogP contribution < -0.4 is 0 Å². The number of hydrogen-bond donors (Lipinski definition) is 1. The van der Waals surface area contributed by atoms with E-state index in [1.54, 1.807) is 12.1 Å². The largest absolute Gasteiger partial charge is 0.481 e. The van der Waals surface area contributed by atoms with Gasteiger partial charge in [0.2, 0.25) is 0 Å². The molecule has 178 valence electrons. The number of nitrogens with zero attached hydrogens (tertiary/aromatic N) is 1. The van der Waals surface area contributed by atoms with Gasteiger partial charge in [0.15, 0.2) is 0 Å². The van der Waals surface area contributed by atoms with Crippen molar-refractivity contribution in [3.8, 4) is 11.8 Å². The van der Waals surface area contributed by atoms with Gasteiger partial charge in [0, 0.05) is 23.2 Å². The van der Waals surface area contributed by atoms with Gasteiger partial charge in [0.1, 0.15) is 0 Å². The van der Waals surface area contributed by atoms with E-state index in [0.717, 1.165) is 35.1 Å². The molecular formula is C29H33NO4. The van der Waals surface area contributed by atoms with Gasteiger partial charge in [0.25, 0.3) is 0 Å². The Morgan fingerprint density at radius 1 is 1.09 bits per heavy atom. The van der Waals surface area contributed by atoms with Crippen molar-refractivity contribution in [2.24, 2.45) is 0 Å². The van der Waals surface area contributed by atoms with Crippen LogP contribution in [0.1, 0.15) is 90.7 Å². The fourth-order valence-electron chi connectivity index (χ4n) is 4.97. The number of rotatable bonds is 6. The molecule has 0 aromatic heterocycles. The summed E-state index contributed by atoms with van der Waals surface area (Å²) in [5.74, 6) is 5.28. The minimum absolute atomic E-state index is 0.00696. The van der Waals surface area contributed by atoms with Crippen molar-refractivity contribution in [1.82, 2.24) is 4.90 Å². The summed E-state index contributed by atoms with van der Waals surface area (Å²) in [6, 6.07) is 12.1. The van der Waals surface area contributed by atoms with Crippen molar-refractivity contribution in [1.29, 1.82) is 0 Å². The smallest absolute Gasteiger partial charge is 0.338 e. The maximum atomic E-state index is 13.1. The number of carbonyl (C=O) groups is 2. The molecule has 0 radical (unpaired) electrons. The zero-order chi connectivity index (χ0) is 24.5. The highest BCUT2D eigenvalue weighted by atomic mass is 16.5. The number of esters is 1. The lowest BCUT2D eigenvalue weighted by molar-refractivity contribution is -0.136. The molecule has 0 spiro atoms. The standard InChI is InChI=1S/C29H33NO4/c1-5-34-28(33)23-16-21(11-8-19-6-9-20(10-7-19)18-26(31)32)17-24-27(23)25(14-15-29(24,2)3)30(4)22-12-13-22/h6-7,9-10,16-17,22,25H,5,12-15,18H2,1-4H3,(H,31,32). The fraction of sp³-hybridized carbons (Fsp3) is 0.448. The van der Waals surface area contributed by atoms with Crippen LogP contribution in [-0.4, -0.2) is 41.6 Å². The molecule has 0 bridgehead atoms. The Morgan fingerprint density at radius 3 is 2.38 bits per heavy atom. The van der Waals surface area contributed by atoms with E-state index in [2.05, 4.69) is 43.7 Å². The Hall–Kier alpha value is -3.10. The highest BCUT2D eigenvalue weighted by molar-refractivity contribution is 5.92. The molecule has 1 atom stereocenters. The van der Waals surface area contributed by atoms with Gasteiger partial charge in [-0.05, 0) is 86.0 Å². The van der Waals surface area contributed by atoms with E-state index in [4.69, 9.17) is 9.84 Å². The van der Waals surface area contributed by atoms with E-state index in [1.165, 1.54) is 18.4 Å². The number of hydrogen-bond acceptors (Lipinski definition) is 4. The Morgan fingerprint density at radius 2 is 1.76 bits per heavy atom. The number of aliphatic carboxylic acids is 1. The third-order valence-corrected chi connectivity index (χ3v) is 7.06. The molecule has 1 saturated carbocycles. The topological polar surface area (TPSA) is 66.8 Å². The molecule has 2 aromatic rings. The highest BCUT2D eigenvalue weighted by Crippen LogP contribution is 2.48. The molecule has 0 saturated heterocycles. The second kappa shape index (κ2) is 9.64. The summed E-state index contributed by atoms with van der Waals surface area (Å²) in [6.07, 6.45) is 4.50. The SMILES string of the molecule is CCOC(=O)c1cc(C#Cc2ccc(CC(=O)O)cc2)cc2c1C(N(C)C1CC1)CCC2(C)C. The van der Waals surface area contributed by atoms with Gasteiger partial charge in [0.05, 0.1) is 18.6 Å². The molecule has 1 fully saturated rings. The molecular weight excluding hydrogens is 426 g/mol. The number of benzene rings is 2. The molecule has 5 heteroatoms. The molecule has 34 heavy (non-hydrogen) atoms. The number of carbonyl (C=O) groups excluding carboxylic acids is 1. The predicted molar refractivity (Wildman–Crippen MR) is 132 cm³/mol. The number of ether oxygens (including phenoxy) is 1. The average molecular weight is 460 g/mol. The zero-order valence-corrected chi connectivity index (χ0v) is 20.5. The fourth-order valence-corrected chi connectivity index (χ4v) is 4.97. The first-order valence-electron chi connectivity index (χ1n) is 12.1. The van der Waals surface area contributed by atoms with Crippen molar-refractivity contribution in [3.05, 3.63) is 69.8 Å². The number of fused-ring (bicyclic) bond motifs is 1. The van der Waals surface area contributed by atoms with Gasteiger partial charge in [-0.2, -0.15) is 0 Å². The first kappa shape index (κ1) is 24.0. The van der Waals surface area contributed by atoms with E-state index < -0.39 is 5.97 Å². The van der Waals surface area contributed by atoms with E-state index in [1.807, 2.05) is 25.1 Å². The van der Waals surface area contributed by atoms with Crippen LogP contribution in [0.2, 0.25) is 0 Å². The summed E-state index contributed by atoms with van der Waals surface area (Å²) in [7, 11) is 2.18. The molecule has 1 N–H and O–H groups in total. The first-order chi connectivity index (χ1) is 16.2. The minimum atomic E-state index is -0.854. The first-order valence-corrected chi connectivity index (χ1v) is 12.1. The van der Waals surface area contributed by atoms with Crippen LogP contribution >= 0.6 is 0 Å². The third-order valence-electron chi connectivity index (χ3n) is 7.06. The molecule has 5 nitrogen and oxygen atoms in total. The van der Waals surface area contributed by atoms with E-state index >= 15 is 0 Å². The summed E-state index contributed by atoms with van der Waals surface area (Å²) >= 11 is 0. The molecule has 0 amide bonds. The third kappa shape index (κ3) is 5.18. The Labute approximate surface area is 202 Å². The summed E-state index contributed by atoms with van der Waals surface area (Å²) in [4.78, 5) is 26.4. The number of carboxylic acids is 1. The minimum Gasteiger partial charge on any atom is -0.481 e. The maximum Gasteiger partial charge on any atom is 0.338 e. The van der Waals surface area contributed by atoms with Gasteiger partial charge in [-0.1, -0.05) is 37.8 Å². The van der Waals surface area contributed by atoms with Gasteiger partial charge in [-0.25, -0.2) is 4.79 Å². The van der Waals surface area contributed by atoms with Crippen molar-refractivity contribution in [2.75, 3.05) is 13.7 Å². The molecule has 1 unspecified atom stereocenters. The van der Waals surface area contributed by atoms with Gasteiger partial charge in [-0.15, -0.1) is 0 Å². The second-order valence-electron chi connectivity index (χ2n) is 10.1. The second-order valence-corrected chi connectivity index (χ2v) is 10.1. The normalized spacial score (nSPS) is 18.6. The van der Waals surface area contributed by atoms with Crippen LogP contribution in [0.25, 0.3) is 0 Å². The molecule has 2 aliphatic carbocycles. The van der Waals surface area contributed by atoms with Crippen LogP contribution in [0.3, 0.4) is 0 Å². The summed E-state index contributed by atoms with van der Waals surface area (Å²) in [6.45, 7) is 6.65. The summed E-state index contributed by atoms with van der Waals surface area (Å²) < 4.78 is 5.48. The zero-order valence-electron chi connectivity index (χ0n) is 20.5. The van der Waals surface area contributed by atoms with E-state index in [0.29, 0.717) is 18.2 Å². The molecule has 0 aliphatic heterocycles. The predicted octanol–water partition coefficient (Wildman–Crippen LogP) is 5.10. The molecule has 0 heterocycles. The van der Waals surface area contributed by atoms with Crippen molar-refractivity contribution >= 4 is 11.9 Å². The monoisotopic (exact) mass is 459 g/mol. The maximum absolute atomic E-state index is 13.1.